The first-order valence-electron chi connectivity index (χ1n) is 10.1. The van der Waals surface area contributed by atoms with Crippen LogP contribution in [0.3, 0.4) is 0 Å². The van der Waals surface area contributed by atoms with Crippen molar-refractivity contribution in [3.05, 3.63) is 24.2 Å². The van der Waals surface area contributed by atoms with Crippen molar-refractivity contribution in [2.45, 2.75) is 51.1 Å². The van der Waals surface area contributed by atoms with Crippen LogP contribution in [-0.4, -0.2) is 65.9 Å². The van der Waals surface area contributed by atoms with Gasteiger partial charge in [-0.3, -0.25) is 14.6 Å². The molecule has 1 aromatic rings. The Morgan fingerprint density at radius 2 is 1.84 bits per heavy atom. The maximum absolute atomic E-state index is 12.7. The molecule has 1 atom stereocenters. The molecule has 0 saturated carbocycles. The van der Waals surface area contributed by atoms with Crippen molar-refractivity contribution in [3.63, 3.8) is 0 Å². The molecule has 0 aromatic carbocycles. The predicted molar refractivity (Wildman–Crippen MR) is 97.1 cm³/mol. The van der Waals surface area contributed by atoms with E-state index >= 15 is 0 Å². The molecule has 4 heterocycles. The van der Waals surface area contributed by atoms with Gasteiger partial charge < -0.3 is 9.32 Å². The molecule has 0 radical (unpaired) electrons. The molecule has 0 N–H and O–H groups in total. The summed E-state index contributed by atoms with van der Waals surface area (Å²) in [6.45, 7) is 7.44. The molecular weight excluding hydrogens is 314 g/mol. The molecule has 25 heavy (non-hydrogen) atoms. The number of hydrogen-bond acceptors (Lipinski definition) is 4. The van der Waals surface area contributed by atoms with Gasteiger partial charge in [0.1, 0.15) is 0 Å². The van der Waals surface area contributed by atoms with E-state index in [9.17, 15) is 4.79 Å². The van der Waals surface area contributed by atoms with E-state index < -0.39 is 0 Å². The normalized spacial score (nSPS) is 27.0. The monoisotopic (exact) mass is 345 g/mol. The molecule has 1 aromatic heterocycles. The third kappa shape index (κ3) is 4.09. The second kappa shape index (κ2) is 7.92. The second-order valence-corrected chi connectivity index (χ2v) is 8.01. The first-order chi connectivity index (χ1) is 12.3. The minimum atomic E-state index is 0.246. The SMILES string of the molecule is O=C(C1CCCN(C2CCN(Cc3ccoc3)CC2)C1)N1CCCC1. The van der Waals surface area contributed by atoms with Crippen LogP contribution in [0.25, 0.3) is 0 Å². The molecule has 0 bridgehead atoms. The third-order valence-electron chi connectivity index (χ3n) is 6.28. The largest absolute Gasteiger partial charge is 0.472 e. The average Bonchev–Trinajstić information content (AvgIpc) is 3.36. The Bertz CT molecular complexity index is 545. The van der Waals surface area contributed by atoms with Gasteiger partial charge in [-0.2, -0.15) is 0 Å². The Morgan fingerprint density at radius 3 is 2.56 bits per heavy atom. The Labute approximate surface area is 150 Å². The molecule has 1 amide bonds. The van der Waals surface area contributed by atoms with Crippen molar-refractivity contribution in [2.75, 3.05) is 39.3 Å². The van der Waals surface area contributed by atoms with Gasteiger partial charge in [-0.15, -0.1) is 0 Å². The zero-order valence-electron chi connectivity index (χ0n) is 15.2. The van der Waals surface area contributed by atoms with Crippen LogP contribution in [0, 0.1) is 5.92 Å². The summed E-state index contributed by atoms with van der Waals surface area (Å²) in [5.74, 6) is 0.676. The molecule has 3 aliphatic heterocycles. The summed E-state index contributed by atoms with van der Waals surface area (Å²) in [7, 11) is 0. The van der Waals surface area contributed by atoms with Crippen LogP contribution < -0.4 is 0 Å². The van der Waals surface area contributed by atoms with Crippen LogP contribution in [-0.2, 0) is 11.3 Å². The predicted octanol–water partition coefficient (Wildman–Crippen LogP) is 2.58. The third-order valence-corrected chi connectivity index (χ3v) is 6.28. The van der Waals surface area contributed by atoms with Crippen molar-refractivity contribution in [1.82, 2.24) is 14.7 Å². The maximum atomic E-state index is 12.7. The lowest BCUT2D eigenvalue weighted by atomic mass is 9.93. The summed E-state index contributed by atoms with van der Waals surface area (Å²) in [5.41, 5.74) is 1.27. The highest BCUT2D eigenvalue weighted by Gasteiger charge is 2.34. The molecule has 138 valence electrons. The van der Waals surface area contributed by atoms with E-state index in [1.807, 2.05) is 6.26 Å². The molecule has 0 spiro atoms. The number of rotatable bonds is 4. The van der Waals surface area contributed by atoms with Crippen LogP contribution in [0.15, 0.2) is 23.0 Å². The number of amides is 1. The van der Waals surface area contributed by atoms with E-state index in [0.717, 1.165) is 45.7 Å². The number of carbonyl (C=O) groups is 1. The Morgan fingerprint density at radius 1 is 1.04 bits per heavy atom. The lowest BCUT2D eigenvalue weighted by Crippen LogP contribution is -2.50. The minimum Gasteiger partial charge on any atom is -0.472 e. The fraction of sp³-hybridized carbons (Fsp3) is 0.750. The van der Waals surface area contributed by atoms with Crippen molar-refractivity contribution in [1.29, 1.82) is 0 Å². The average molecular weight is 345 g/mol. The van der Waals surface area contributed by atoms with Crippen LogP contribution >= 0.6 is 0 Å². The van der Waals surface area contributed by atoms with E-state index in [1.165, 1.54) is 44.2 Å². The standard InChI is InChI=1S/C20H31N3O2/c24-20(22-8-1-2-9-22)18-4-3-10-23(15-18)19-5-11-21(12-6-19)14-17-7-13-25-16-17/h7,13,16,18-19H,1-6,8-12,14-15H2. The van der Waals surface area contributed by atoms with Crippen LogP contribution in [0.4, 0.5) is 0 Å². The summed E-state index contributed by atoms with van der Waals surface area (Å²) in [5, 5.41) is 0. The van der Waals surface area contributed by atoms with Gasteiger partial charge in [-0.1, -0.05) is 0 Å². The summed E-state index contributed by atoms with van der Waals surface area (Å²) in [6, 6.07) is 2.72. The van der Waals surface area contributed by atoms with Crippen molar-refractivity contribution in [3.8, 4) is 0 Å². The molecule has 0 aliphatic carbocycles. The number of hydrogen-bond donors (Lipinski definition) is 0. The highest BCUT2D eigenvalue weighted by molar-refractivity contribution is 5.79. The quantitative estimate of drug-likeness (QED) is 0.841. The smallest absolute Gasteiger partial charge is 0.226 e. The lowest BCUT2D eigenvalue weighted by Gasteiger charge is -2.42. The highest BCUT2D eigenvalue weighted by Crippen LogP contribution is 2.26. The zero-order valence-corrected chi connectivity index (χ0v) is 15.2. The molecule has 5 heteroatoms. The van der Waals surface area contributed by atoms with Gasteiger partial charge in [-0.25, -0.2) is 0 Å². The van der Waals surface area contributed by atoms with E-state index in [2.05, 4.69) is 20.8 Å². The maximum Gasteiger partial charge on any atom is 0.226 e. The molecule has 4 rings (SSSR count). The summed E-state index contributed by atoms with van der Waals surface area (Å²) in [4.78, 5) is 20.0. The van der Waals surface area contributed by atoms with Crippen molar-refractivity contribution >= 4 is 5.91 Å². The van der Waals surface area contributed by atoms with E-state index in [1.54, 1.807) is 6.26 Å². The number of furan rings is 1. The fourth-order valence-electron chi connectivity index (χ4n) is 4.82. The molecule has 1 unspecified atom stereocenters. The van der Waals surface area contributed by atoms with Crippen molar-refractivity contribution in [2.24, 2.45) is 5.92 Å². The molecule has 5 nitrogen and oxygen atoms in total. The topological polar surface area (TPSA) is 39.9 Å². The Kier molecular flexibility index (Phi) is 5.42. The van der Waals surface area contributed by atoms with Gasteiger partial charge in [0.15, 0.2) is 0 Å². The van der Waals surface area contributed by atoms with E-state index in [4.69, 9.17) is 4.42 Å². The van der Waals surface area contributed by atoms with Crippen molar-refractivity contribution < 1.29 is 9.21 Å². The van der Waals surface area contributed by atoms with Crippen LogP contribution in [0.2, 0.25) is 0 Å². The highest BCUT2D eigenvalue weighted by atomic mass is 16.3. The molecule has 3 aliphatic rings. The second-order valence-electron chi connectivity index (χ2n) is 8.01. The van der Waals surface area contributed by atoms with E-state index in [0.29, 0.717) is 11.9 Å². The summed E-state index contributed by atoms with van der Waals surface area (Å²) in [6.07, 6.45) is 10.7. The number of likely N-dealkylation sites (tertiary alicyclic amines) is 3. The van der Waals surface area contributed by atoms with Gasteiger partial charge in [0, 0.05) is 37.8 Å². The summed E-state index contributed by atoms with van der Waals surface area (Å²) < 4.78 is 5.18. The first-order valence-corrected chi connectivity index (χ1v) is 10.1. The number of piperidine rings is 2. The number of nitrogens with zero attached hydrogens (tertiary/aromatic N) is 3. The van der Waals surface area contributed by atoms with Gasteiger partial charge in [0.2, 0.25) is 5.91 Å². The minimum absolute atomic E-state index is 0.246. The zero-order chi connectivity index (χ0) is 17.1. The van der Waals surface area contributed by atoms with Gasteiger partial charge in [0.05, 0.1) is 18.4 Å². The fourth-order valence-corrected chi connectivity index (χ4v) is 4.82. The van der Waals surface area contributed by atoms with Crippen LogP contribution in [0.1, 0.15) is 44.1 Å². The molecule has 3 fully saturated rings. The number of carbonyl (C=O) groups excluding carboxylic acids is 1. The lowest BCUT2D eigenvalue weighted by molar-refractivity contribution is -0.136. The molecule has 3 saturated heterocycles. The van der Waals surface area contributed by atoms with E-state index in [-0.39, 0.29) is 5.92 Å². The van der Waals surface area contributed by atoms with Gasteiger partial charge in [-0.05, 0) is 64.2 Å². The van der Waals surface area contributed by atoms with Crippen LogP contribution in [0.5, 0.6) is 0 Å². The summed E-state index contributed by atoms with van der Waals surface area (Å²) >= 11 is 0. The Balaban J connectivity index is 1.26. The van der Waals surface area contributed by atoms with Gasteiger partial charge in [0.25, 0.3) is 0 Å². The first kappa shape index (κ1) is 17.1. The molecular formula is C20H31N3O2. The van der Waals surface area contributed by atoms with Gasteiger partial charge >= 0.3 is 0 Å². The Hall–Kier alpha value is -1.33.